The van der Waals surface area contributed by atoms with E-state index in [0.717, 1.165) is 34.0 Å². The molecule has 4 nitrogen and oxygen atoms in total. The van der Waals surface area contributed by atoms with Gasteiger partial charge in [-0.05, 0) is 43.7 Å². The zero-order chi connectivity index (χ0) is 17.4. The summed E-state index contributed by atoms with van der Waals surface area (Å²) >= 11 is 6.00. The van der Waals surface area contributed by atoms with Gasteiger partial charge >= 0.3 is 0 Å². The Bertz CT molecular complexity index is 1030. The Hall–Kier alpha value is -2.85. The molecule has 1 N–H and O–H groups in total. The number of nitrogens with one attached hydrogen (secondary N) is 1. The molecule has 0 aliphatic carbocycles. The summed E-state index contributed by atoms with van der Waals surface area (Å²) in [6, 6.07) is 18.0. The second kappa shape index (κ2) is 6.22. The minimum absolute atomic E-state index is 0.714. The zero-order valence-electron chi connectivity index (χ0n) is 14.0. The molecule has 0 saturated heterocycles. The number of nitrogens with zero attached hydrogens (tertiary/aromatic N) is 3. The van der Waals surface area contributed by atoms with Gasteiger partial charge in [0.25, 0.3) is 0 Å². The maximum Gasteiger partial charge on any atom is 0.165 e. The van der Waals surface area contributed by atoms with E-state index in [-0.39, 0.29) is 0 Å². The van der Waals surface area contributed by atoms with Crippen molar-refractivity contribution >= 4 is 28.8 Å². The van der Waals surface area contributed by atoms with Gasteiger partial charge < -0.3 is 5.32 Å². The van der Waals surface area contributed by atoms with Crippen molar-refractivity contribution in [2.75, 3.05) is 5.32 Å². The number of hydrogen-bond acceptors (Lipinski definition) is 3. The fraction of sp³-hybridized carbons (Fsp3) is 0.100. The Balaban J connectivity index is 1.81. The lowest BCUT2D eigenvalue weighted by Gasteiger charge is -2.10. The molecule has 0 spiro atoms. The highest BCUT2D eigenvalue weighted by molar-refractivity contribution is 6.30. The van der Waals surface area contributed by atoms with Crippen molar-refractivity contribution in [1.29, 1.82) is 0 Å². The summed E-state index contributed by atoms with van der Waals surface area (Å²) < 4.78 is 1.83. The molecule has 2 heterocycles. The van der Waals surface area contributed by atoms with E-state index < -0.39 is 0 Å². The van der Waals surface area contributed by atoms with E-state index in [1.807, 2.05) is 48.0 Å². The molecule has 0 aliphatic heterocycles. The highest BCUT2D eigenvalue weighted by atomic mass is 35.5. The molecule has 0 unspecified atom stereocenters. The largest absolute Gasteiger partial charge is 0.340 e. The van der Waals surface area contributed by atoms with Crippen LogP contribution in [0.5, 0.6) is 0 Å². The van der Waals surface area contributed by atoms with Gasteiger partial charge in [0, 0.05) is 28.0 Å². The van der Waals surface area contributed by atoms with Gasteiger partial charge in [-0.3, -0.25) is 0 Å². The van der Waals surface area contributed by atoms with Crippen molar-refractivity contribution in [3.05, 3.63) is 77.1 Å². The first-order valence-electron chi connectivity index (χ1n) is 8.05. The zero-order valence-corrected chi connectivity index (χ0v) is 14.7. The number of aryl methyl sites for hydroxylation is 2. The molecule has 0 bridgehead atoms. The third-order valence-electron chi connectivity index (χ3n) is 4.08. The maximum atomic E-state index is 6.00. The molecule has 4 rings (SSSR count). The minimum Gasteiger partial charge on any atom is -0.340 e. The number of rotatable bonds is 3. The summed E-state index contributed by atoms with van der Waals surface area (Å²) in [5.41, 5.74) is 6.01. The number of anilines is 2. The van der Waals surface area contributed by atoms with E-state index in [2.05, 4.69) is 46.6 Å². The van der Waals surface area contributed by atoms with E-state index in [1.165, 1.54) is 5.56 Å². The number of benzene rings is 2. The van der Waals surface area contributed by atoms with Crippen LogP contribution in [0.3, 0.4) is 0 Å². The van der Waals surface area contributed by atoms with Crippen molar-refractivity contribution in [2.24, 2.45) is 0 Å². The molecule has 0 radical (unpaired) electrons. The van der Waals surface area contributed by atoms with Crippen LogP contribution in [0.4, 0.5) is 11.5 Å². The predicted octanol–water partition coefficient (Wildman–Crippen LogP) is 5.41. The number of aromatic nitrogens is 3. The van der Waals surface area contributed by atoms with Crippen LogP contribution in [-0.2, 0) is 0 Å². The van der Waals surface area contributed by atoms with Crippen LogP contribution < -0.4 is 5.32 Å². The van der Waals surface area contributed by atoms with E-state index in [1.54, 1.807) is 0 Å². The average Bonchev–Trinajstić information content (AvgIpc) is 3.01. The third kappa shape index (κ3) is 3.08. The third-order valence-corrected chi connectivity index (χ3v) is 4.33. The van der Waals surface area contributed by atoms with Crippen LogP contribution in [0.2, 0.25) is 5.02 Å². The monoisotopic (exact) mass is 348 g/mol. The van der Waals surface area contributed by atoms with Gasteiger partial charge in [0.15, 0.2) is 5.65 Å². The van der Waals surface area contributed by atoms with E-state index in [0.29, 0.717) is 5.02 Å². The SMILES string of the molecule is Cc1ccc(Nc2cc(C)nc3c(-c4ccc(Cl)cc4)cnn23)cc1. The minimum atomic E-state index is 0.714. The number of halogens is 1. The standard InChI is InChI=1S/C20H17ClN4/c1-13-3-9-17(10-4-13)24-19-11-14(2)23-20-18(12-22-25(19)20)15-5-7-16(21)8-6-15/h3-12,24H,1-2H3. The summed E-state index contributed by atoms with van der Waals surface area (Å²) in [5.74, 6) is 0.881. The molecule has 124 valence electrons. The Morgan fingerprint density at radius 2 is 1.68 bits per heavy atom. The van der Waals surface area contributed by atoms with Crippen molar-refractivity contribution in [3.8, 4) is 11.1 Å². The van der Waals surface area contributed by atoms with Gasteiger partial charge in [0.1, 0.15) is 5.82 Å². The lowest BCUT2D eigenvalue weighted by atomic mass is 10.1. The van der Waals surface area contributed by atoms with Gasteiger partial charge in [0.2, 0.25) is 0 Å². The van der Waals surface area contributed by atoms with Gasteiger partial charge in [-0.2, -0.15) is 9.61 Å². The molecular weight excluding hydrogens is 332 g/mol. The van der Waals surface area contributed by atoms with E-state index >= 15 is 0 Å². The summed E-state index contributed by atoms with van der Waals surface area (Å²) in [6.45, 7) is 4.06. The summed E-state index contributed by atoms with van der Waals surface area (Å²) in [6.07, 6.45) is 1.84. The second-order valence-electron chi connectivity index (χ2n) is 6.07. The van der Waals surface area contributed by atoms with Crippen LogP contribution in [0.25, 0.3) is 16.8 Å². The summed E-state index contributed by atoms with van der Waals surface area (Å²) in [4.78, 5) is 4.68. The van der Waals surface area contributed by atoms with Crippen molar-refractivity contribution in [1.82, 2.24) is 14.6 Å². The fourth-order valence-corrected chi connectivity index (χ4v) is 2.92. The van der Waals surface area contributed by atoms with E-state index in [9.17, 15) is 0 Å². The Kier molecular flexibility index (Phi) is 3.90. The van der Waals surface area contributed by atoms with Crippen LogP contribution in [0.15, 0.2) is 60.8 Å². The first-order chi connectivity index (χ1) is 12.1. The summed E-state index contributed by atoms with van der Waals surface area (Å²) in [5, 5.41) is 8.67. The lowest BCUT2D eigenvalue weighted by molar-refractivity contribution is 0.938. The molecule has 25 heavy (non-hydrogen) atoms. The highest BCUT2D eigenvalue weighted by Crippen LogP contribution is 2.28. The lowest BCUT2D eigenvalue weighted by Crippen LogP contribution is -2.02. The molecule has 0 atom stereocenters. The van der Waals surface area contributed by atoms with E-state index in [4.69, 9.17) is 11.6 Å². The Morgan fingerprint density at radius 3 is 2.40 bits per heavy atom. The second-order valence-corrected chi connectivity index (χ2v) is 6.51. The van der Waals surface area contributed by atoms with Crippen molar-refractivity contribution in [2.45, 2.75) is 13.8 Å². The molecule has 5 heteroatoms. The average molecular weight is 349 g/mol. The van der Waals surface area contributed by atoms with Crippen molar-refractivity contribution < 1.29 is 0 Å². The van der Waals surface area contributed by atoms with Gasteiger partial charge in [0.05, 0.1) is 6.20 Å². The Morgan fingerprint density at radius 1 is 0.960 bits per heavy atom. The van der Waals surface area contributed by atoms with Crippen LogP contribution in [0, 0.1) is 13.8 Å². The normalized spacial score (nSPS) is 11.0. The predicted molar refractivity (Wildman–Crippen MR) is 103 cm³/mol. The first-order valence-corrected chi connectivity index (χ1v) is 8.43. The van der Waals surface area contributed by atoms with Gasteiger partial charge in [-0.15, -0.1) is 0 Å². The first kappa shape index (κ1) is 15.7. The topological polar surface area (TPSA) is 42.2 Å². The van der Waals surface area contributed by atoms with Crippen molar-refractivity contribution in [3.63, 3.8) is 0 Å². The van der Waals surface area contributed by atoms with Crippen LogP contribution in [-0.4, -0.2) is 14.6 Å². The Labute approximate surface area is 151 Å². The molecule has 4 aromatic rings. The van der Waals surface area contributed by atoms with Crippen LogP contribution >= 0.6 is 11.6 Å². The van der Waals surface area contributed by atoms with Gasteiger partial charge in [-0.1, -0.05) is 41.4 Å². The number of fused-ring (bicyclic) bond motifs is 1. The fourth-order valence-electron chi connectivity index (χ4n) is 2.79. The maximum absolute atomic E-state index is 6.00. The molecule has 0 aliphatic rings. The summed E-state index contributed by atoms with van der Waals surface area (Å²) in [7, 11) is 0. The molecule has 0 saturated carbocycles. The highest BCUT2D eigenvalue weighted by Gasteiger charge is 2.12. The molecule has 2 aromatic heterocycles. The quantitative estimate of drug-likeness (QED) is 0.538. The molecule has 2 aromatic carbocycles. The van der Waals surface area contributed by atoms with Gasteiger partial charge in [-0.25, -0.2) is 4.98 Å². The molecular formula is C20H17ClN4. The molecule has 0 fully saturated rings. The molecule has 0 amide bonds. The smallest absolute Gasteiger partial charge is 0.165 e. The number of hydrogen-bond donors (Lipinski definition) is 1. The van der Waals surface area contributed by atoms with Crippen LogP contribution in [0.1, 0.15) is 11.3 Å².